The van der Waals surface area contributed by atoms with Gasteiger partial charge in [-0.15, -0.1) is 0 Å². The summed E-state index contributed by atoms with van der Waals surface area (Å²) in [5.41, 5.74) is 7.01. The Labute approximate surface area is 169 Å². The fourth-order valence-electron chi connectivity index (χ4n) is 2.56. The third kappa shape index (κ3) is 7.92. The molecule has 0 fully saturated rings. The van der Waals surface area contributed by atoms with Gasteiger partial charge in [0.15, 0.2) is 0 Å². The van der Waals surface area contributed by atoms with Crippen LogP contribution in [0, 0.1) is 0 Å². The van der Waals surface area contributed by atoms with E-state index in [0.29, 0.717) is 13.0 Å². The number of primary amides is 1. The maximum Gasteiger partial charge on any atom is 0.408 e. The van der Waals surface area contributed by atoms with Crippen molar-refractivity contribution >= 4 is 17.9 Å². The molecule has 0 aliphatic rings. The van der Waals surface area contributed by atoms with Crippen molar-refractivity contribution in [1.29, 1.82) is 0 Å². The summed E-state index contributed by atoms with van der Waals surface area (Å²) in [5, 5.41) is 5.09. The summed E-state index contributed by atoms with van der Waals surface area (Å²) in [6.45, 7) is 0.385. The Hall–Kier alpha value is -3.55. The van der Waals surface area contributed by atoms with Crippen LogP contribution in [0.15, 0.2) is 54.6 Å². The van der Waals surface area contributed by atoms with Crippen LogP contribution >= 0.6 is 0 Å². The summed E-state index contributed by atoms with van der Waals surface area (Å²) in [4.78, 5) is 35.6. The van der Waals surface area contributed by atoms with Gasteiger partial charge in [0.2, 0.25) is 11.8 Å². The second-order valence-electron chi connectivity index (χ2n) is 6.32. The van der Waals surface area contributed by atoms with Gasteiger partial charge in [-0.25, -0.2) is 4.79 Å². The lowest BCUT2D eigenvalue weighted by Crippen LogP contribution is -2.49. The van der Waals surface area contributed by atoms with Crippen LogP contribution in [0.1, 0.15) is 17.5 Å². The summed E-state index contributed by atoms with van der Waals surface area (Å²) in [7, 11) is 1.59. The molecule has 8 nitrogen and oxygen atoms in total. The van der Waals surface area contributed by atoms with Gasteiger partial charge >= 0.3 is 6.09 Å². The molecule has 1 atom stereocenters. The van der Waals surface area contributed by atoms with E-state index < -0.39 is 23.9 Å². The number of nitrogens with two attached hydrogens (primary N) is 1. The Balaban J connectivity index is 1.82. The van der Waals surface area contributed by atoms with Crippen molar-refractivity contribution in [2.45, 2.75) is 25.5 Å². The Bertz CT molecular complexity index is 809. The van der Waals surface area contributed by atoms with Crippen molar-refractivity contribution in [3.8, 4) is 5.75 Å². The monoisotopic (exact) mass is 399 g/mol. The minimum Gasteiger partial charge on any atom is -0.497 e. The molecule has 0 aliphatic heterocycles. The molecule has 3 amide bonds. The molecule has 4 N–H and O–H groups in total. The fraction of sp³-hybridized carbons (Fsp3) is 0.286. The van der Waals surface area contributed by atoms with Crippen LogP contribution in [0.2, 0.25) is 0 Å². The fourth-order valence-corrected chi connectivity index (χ4v) is 2.56. The second kappa shape index (κ2) is 11.3. The zero-order valence-electron chi connectivity index (χ0n) is 16.2. The van der Waals surface area contributed by atoms with Gasteiger partial charge in [0.25, 0.3) is 0 Å². The first kappa shape index (κ1) is 21.7. The number of amides is 3. The van der Waals surface area contributed by atoms with E-state index in [2.05, 4.69) is 10.6 Å². The molecular weight excluding hydrogens is 374 g/mol. The predicted molar refractivity (Wildman–Crippen MR) is 107 cm³/mol. The molecule has 154 valence electrons. The number of ether oxygens (including phenoxy) is 2. The summed E-state index contributed by atoms with van der Waals surface area (Å²) >= 11 is 0. The Morgan fingerprint density at radius 2 is 1.69 bits per heavy atom. The number of hydrogen-bond donors (Lipinski definition) is 3. The van der Waals surface area contributed by atoms with Crippen molar-refractivity contribution in [3.63, 3.8) is 0 Å². The molecule has 0 aliphatic carbocycles. The van der Waals surface area contributed by atoms with Gasteiger partial charge in [0.1, 0.15) is 18.4 Å². The van der Waals surface area contributed by atoms with Crippen LogP contribution in [-0.4, -0.2) is 37.6 Å². The minimum absolute atomic E-state index is 0.0506. The smallest absolute Gasteiger partial charge is 0.408 e. The normalized spacial score (nSPS) is 11.2. The number of rotatable bonds is 10. The van der Waals surface area contributed by atoms with E-state index in [4.69, 9.17) is 15.2 Å². The van der Waals surface area contributed by atoms with Crippen molar-refractivity contribution in [2.24, 2.45) is 5.73 Å². The van der Waals surface area contributed by atoms with Gasteiger partial charge in [-0.1, -0.05) is 42.5 Å². The molecule has 0 aromatic heterocycles. The number of alkyl carbamates (subject to hydrolysis) is 1. The highest BCUT2D eigenvalue weighted by atomic mass is 16.5. The summed E-state index contributed by atoms with van der Waals surface area (Å²) in [5.74, 6) is -0.463. The standard InChI is InChI=1S/C21H25N3O5/c1-28-17-9-7-15(8-10-17)11-12-23-20(26)18(13-19(22)25)24-21(27)29-14-16-5-3-2-4-6-16/h2-10,18H,11-14H2,1H3,(H2,22,25)(H,23,26)(H,24,27)/t18-/m0/s1. The molecule has 0 bridgehead atoms. The van der Waals surface area contributed by atoms with Crippen LogP contribution in [0.25, 0.3) is 0 Å². The van der Waals surface area contributed by atoms with Gasteiger partial charge in [-0.3, -0.25) is 9.59 Å². The summed E-state index contributed by atoms with van der Waals surface area (Å²) in [6, 6.07) is 15.4. The lowest BCUT2D eigenvalue weighted by molar-refractivity contribution is -0.127. The highest BCUT2D eigenvalue weighted by Crippen LogP contribution is 2.11. The van der Waals surface area contributed by atoms with Gasteiger partial charge in [0.05, 0.1) is 13.5 Å². The molecule has 2 rings (SSSR count). The molecule has 0 spiro atoms. The average molecular weight is 399 g/mol. The maximum absolute atomic E-state index is 12.4. The van der Waals surface area contributed by atoms with Crippen molar-refractivity contribution < 1.29 is 23.9 Å². The summed E-state index contributed by atoms with van der Waals surface area (Å²) < 4.78 is 10.2. The van der Waals surface area contributed by atoms with Crippen LogP contribution in [0.5, 0.6) is 5.75 Å². The zero-order chi connectivity index (χ0) is 21.1. The molecule has 0 unspecified atom stereocenters. The van der Waals surface area contributed by atoms with Crippen LogP contribution in [0.3, 0.4) is 0 Å². The minimum atomic E-state index is -1.10. The van der Waals surface area contributed by atoms with Crippen molar-refractivity contribution in [2.75, 3.05) is 13.7 Å². The first-order chi connectivity index (χ1) is 14.0. The lowest BCUT2D eigenvalue weighted by Gasteiger charge is -2.17. The van der Waals surface area contributed by atoms with Crippen LogP contribution in [-0.2, 0) is 27.4 Å². The van der Waals surface area contributed by atoms with Crippen molar-refractivity contribution in [3.05, 3.63) is 65.7 Å². The molecule has 2 aromatic rings. The quantitative estimate of drug-likeness (QED) is 0.560. The highest BCUT2D eigenvalue weighted by molar-refractivity contribution is 5.90. The van der Waals surface area contributed by atoms with E-state index >= 15 is 0 Å². The van der Waals surface area contributed by atoms with E-state index in [9.17, 15) is 14.4 Å². The summed E-state index contributed by atoms with van der Waals surface area (Å²) in [6.07, 6.45) is -0.544. The number of nitrogens with one attached hydrogen (secondary N) is 2. The number of methoxy groups -OCH3 is 1. The molecule has 0 radical (unpaired) electrons. The Morgan fingerprint density at radius 3 is 2.31 bits per heavy atom. The number of hydrogen-bond acceptors (Lipinski definition) is 5. The van der Waals surface area contributed by atoms with Gasteiger partial charge in [-0.05, 0) is 29.7 Å². The largest absolute Gasteiger partial charge is 0.497 e. The molecule has 0 saturated carbocycles. The lowest BCUT2D eigenvalue weighted by atomic mass is 10.1. The first-order valence-corrected chi connectivity index (χ1v) is 9.14. The van der Waals surface area contributed by atoms with Gasteiger partial charge < -0.3 is 25.8 Å². The van der Waals surface area contributed by atoms with E-state index in [0.717, 1.165) is 16.9 Å². The van der Waals surface area contributed by atoms with Crippen molar-refractivity contribution in [1.82, 2.24) is 10.6 Å². The molecule has 29 heavy (non-hydrogen) atoms. The van der Waals surface area contributed by atoms with E-state index in [1.54, 1.807) is 19.2 Å². The second-order valence-corrected chi connectivity index (χ2v) is 6.32. The number of carbonyl (C=O) groups is 3. The molecule has 0 saturated heterocycles. The van der Waals surface area contributed by atoms with Crippen LogP contribution < -0.4 is 21.1 Å². The Morgan fingerprint density at radius 1 is 1.00 bits per heavy atom. The SMILES string of the molecule is COc1ccc(CCNC(=O)[C@H](CC(N)=O)NC(=O)OCc2ccccc2)cc1. The maximum atomic E-state index is 12.4. The molecule has 2 aromatic carbocycles. The third-order valence-corrected chi connectivity index (χ3v) is 4.10. The first-order valence-electron chi connectivity index (χ1n) is 9.14. The van der Waals surface area contributed by atoms with E-state index in [1.165, 1.54) is 0 Å². The van der Waals surface area contributed by atoms with E-state index in [-0.39, 0.29) is 13.0 Å². The topological polar surface area (TPSA) is 120 Å². The van der Waals surface area contributed by atoms with Gasteiger partial charge in [0, 0.05) is 6.54 Å². The van der Waals surface area contributed by atoms with E-state index in [1.807, 2.05) is 42.5 Å². The number of benzene rings is 2. The van der Waals surface area contributed by atoms with Gasteiger partial charge in [-0.2, -0.15) is 0 Å². The average Bonchev–Trinajstić information content (AvgIpc) is 2.72. The molecular formula is C21H25N3O5. The zero-order valence-corrected chi connectivity index (χ0v) is 16.2. The Kier molecular flexibility index (Phi) is 8.50. The number of carbonyl (C=O) groups excluding carboxylic acids is 3. The predicted octanol–water partition coefficient (Wildman–Crippen LogP) is 1.52. The van der Waals surface area contributed by atoms with Crippen LogP contribution in [0.4, 0.5) is 4.79 Å². The molecule has 8 heteroatoms. The molecule has 0 heterocycles. The highest BCUT2D eigenvalue weighted by Gasteiger charge is 2.23. The third-order valence-electron chi connectivity index (χ3n) is 4.10.